The minimum atomic E-state index is -2.01. The van der Waals surface area contributed by atoms with Crippen LogP contribution in [-0.2, 0) is 11.3 Å². The summed E-state index contributed by atoms with van der Waals surface area (Å²) in [4.78, 5) is 0. The van der Waals surface area contributed by atoms with E-state index in [2.05, 4.69) is 70.2 Å². The van der Waals surface area contributed by atoms with Crippen LogP contribution < -0.4 is 0 Å². The van der Waals surface area contributed by atoms with Gasteiger partial charge in [-0.25, -0.2) is 0 Å². The molecule has 1 unspecified atom stereocenters. The zero-order valence-electron chi connectivity index (χ0n) is 17.8. The van der Waals surface area contributed by atoms with E-state index in [0.717, 1.165) is 0 Å². The fourth-order valence-electron chi connectivity index (χ4n) is 3.70. The molecule has 0 bridgehead atoms. The van der Waals surface area contributed by atoms with E-state index in [0.29, 0.717) is 6.61 Å². The predicted octanol–water partition coefficient (Wildman–Crippen LogP) is 8.00. The summed E-state index contributed by atoms with van der Waals surface area (Å²) in [5, 5.41) is 0. The van der Waals surface area contributed by atoms with Gasteiger partial charge in [0.05, 0.1) is 0 Å². The number of hydrogen-bond acceptors (Lipinski definition) is 1. The van der Waals surface area contributed by atoms with Gasteiger partial charge in [-0.2, -0.15) is 0 Å². The second kappa shape index (κ2) is 14.7. The van der Waals surface area contributed by atoms with Gasteiger partial charge in [0.2, 0.25) is 0 Å². The SMILES string of the molecule is CCC[CH2][Sn]([CH2]C=CC(C)OCc1ccccc1)([CH2]CCC)[CH2]CCC. The Morgan fingerprint density at radius 2 is 1.42 bits per heavy atom. The molecule has 1 aromatic carbocycles. The summed E-state index contributed by atoms with van der Waals surface area (Å²) in [6, 6.07) is 10.5. The van der Waals surface area contributed by atoms with Gasteiger partial charge in [-0.1, -0.05) is 0 Å². The number of benzene rings is 1. The first kappa shape index (κ1) is 23.8. The van der Waals surface area contributed by atoms with Crippen molar-refractivity contribution in [1.82, 2.24) is 0 Å². The van der Waals surface area contributed by atoms with E-state index in [1.165, 1.54) is 48.5 Å². The van der Waals surface area contributed by atoms with Gasteiger partial charge in [0.1, 0.15) is 0 Å². The molecule has 26 heavy (non-hydrogen) atoms. The van der Waals surface area contributed by atoms with Gasteiger partial charge in [-0.05, 0) is 0 Å². The molecule has 0 aliphatic rings. The number of rotatable bonds is 15. The van der Waals surface area contributed by atoms with Crippen LogP contribution >= 0.6 is 0 Å². The van der Waals surface area contributed by atoms with Crippen LogP contribution in [0.3, 0.4) is 0 Å². The Morgan fingerprint density at radius 3 is 1.92 bits per heavy atom. The maximum atomic E-state index is 6.02. The van der Waals surface area contributed by atoms with Gasteiger partial charge in [0.15, 0.2) is 0 Å². The molecule has 0 aromatic heterocycles. The fourth-order valence-corrected chi connectivity index (χ4v) is 18.9. The second-order valence-corrected chi connectivity index (χ2v) is 22.0. The van der Waals surface area contributed by atoms with Crippen molar-refractivity contribution in [3.8, 4) is 0 Å². The molecule has 0 spiro atoms. The molecule has 0 heterocycles. The number of allylic oxidation sites excluding steroid dienone is 1. The van der Waals surface area contributed by atoms with Crippen molar-refractivity contribution < 1.29 is 4.74 Å². The molecule has 1 atom stereocenters. The summed E-state index contributed by atoms with van der Waals surface area (Å²) >= 11 is -2.01. The molecule has 0 amide bonds. The van der Waals surface area contributed by atoms with Gasteiger partial charge in [0.25, 0.3) is 0 Å². The first-order valence-corrected chi connectivity index (χ1v) is 19.0. The molecule has 0 N–H and O–H groups in total. The average molecular weight is 465 g/mol. The summed E-state index contributed by atoms with van der Waals surface area (Å²) in [6.45, 7) is 9.95. The van der Waals surface area contributed by atoms with Gasteiger partial charge in [-0.15, -0.1) is 0 Å². The van der Waals surface area contributed by atoms with Gasteiger partial charge in [0, 0.05) is 0 Å². The Bertz CT molecular complexity index is 447. The normalized spacial score (nSPS) is 13.4. The molecule has 0 saturated heterocycles. The summed E-state index contributed by atoms with van der Waals surface area (Å²) in [5.74, 6) is 0. The predicted molar refractivity (Wildman–Crippen MR) is 120 cm³/mol. The van der Waals surface area contributed by atoms with Crippen molar-refractivity contribution in [3.05, 3.63) is 48.0 Å². The minimum absolute atomic E-state index is 0.211. The van der Waals surface area contributed by atoms with Crippen LogP contribution in [0.25, 0.3) is 0 Å². The molecule has 1 aromatic rings. The van der Waals surface area contributed by atoms with Crippen molar-refractivity contribution >= 4 is 18.4 Å². The van der Waals surface area contributed by atoms with Crippen molar-refractivity contribution in [3.63, 3.8) is 0 Å². The Hall–Kier alpha value is -0.281. The monoisotopic (exact) mass is 466 g/mol. The Labute approximate surface area is 167 Å². The quantitative estimate of drug-likeness (QED) is 0.188. The van der Waals surface area contributed by atoms with Crippen LogP contribution in [0.5, 0.6) is 0 Å². The van der Waals surface area contributed by atoms with Gasteiger partial charge < -0.3 is 0 Å². The molecule has 1 rings (SSSR count). The maximum absolute atomic E-state index is 6.02. The van der Waals surface area contributed by atoms with Crippen molar-refractivity contribution in [2.75, 3.05) is 0 Å². The molecule has 0 aliphatic carbocycles. The van der Waals surface area contributed by atoms with E-state index in [4.69, 9.17) is 4.74 Å². The zero-order valence-corrected chi connectivity index (χ0v) is 20.7. The van der Waals surface area contributed by atoms with E-state index in [-0.39, 0.29) is 6.10 Å². The molecule has 2 heteroatoms. The molecule has 0 aliphatic heterocycles. The summed E-state index contributed by atoms with van der Waals surface area (Å²) < 4.78 is 12.2. The molecule has 0 radical (unpaired) electrons. The number of unbranched alkanes of at least 4 members (excludes halogenated alkanes) is 3. The van der Waals surface area contributed by atoms with Crippen molar-refractivity contribution in [1.29, 1.82) is 0 Å². The third-order valence-corrected chi connectivity index (χ3v) is 20.7. The van der Waals surface area contributed by atoms with Crippen LogP contribution in [-0.4, -0.2) is 24.5 Å². The molecule has 148 valence electrons. The van der Waals surface area contributed by atoms with Crippen LogP contribution in [0.15, 0.2) is 42.5 Å². The third kappa shape index (κ3) is 10.2. The number of ether oxygens (including phenoxy) is 1. The Morgan fingerprint density at radius 1 is 0.885 bits per heavy atom. The molecule has 0 fully saturated rings. The first-order chi connectivity index (χ1) is 12.7. The van der Waals surface area contributed by atoms with Crippen LogP contribution in [0.4, 0.5) is 0 Å². The van der Waals surface area contributed by atoms with Crippen LogP contribution in [0.1, 0.15) is 71.8 Å². The topological polar surface area (TPSA) is 9.23 Å². The van der Waals surface area contributed by atoms with E-state index < -0.39 is 18.4 Å². The third-order valence-electron chi connectivity index (χ3n) is 5.50. The molecule has 1 nitrogen and oxygen atoms in total. The molecular weight excluding hydrogens is 423 g/mol. The van der Waals surface area contributed by atoms with E-state index >= 15 is 0 Å². The Kier molecular flexibility index (Phi) is 13.5. The van der Waals surface area contributed by atoms with Crippen molar-refractivity contribution in [2.45, 2.75) is 96.7 Å². The first-order valence-electron chi connectivity index (χ1n) is 11.0. The van der Waals surface area contributed by atoms with Crippen molar-refractivity contribution in [2.24, 2.45) is 0 Å². The van der Waals surface area contributed by atoms with E-state index in [9.17, 15) is 0 Å². The molecular formula is C24H42OSn. The van der Waals surface area contributed by atoms with E-state index in [1.54, 1.807) is 13.3 Å². The van der Waals surface area contributed by atoms with Crippen LogP contribution in [0, 0.1) is 0 Å². The Balaban J connectivity index is 2.58. The molecule has 0 saturated carbocycles. The fraction of sp³-hybridized carbons (Fsp3) is 0.667. The standard InChI is InChI=1S/C12H15O.3C4H9.Sn/c1-3-7-11(2)13-10-12-8-5-4-6-9-12;3*1-3-4-2;/h3-9,11H,1,10H2,2H3;3*1,3-4H2,2H3;. The summed E-state index contributed by atoms with van der Waals surface area (Å²) in [7, 11) is 0. The zero-order chi connectivity index (χ0) is 19.1. The van der Waals surface area contributed by atoms with Crippen LogP contribution in [0.2, 0.25) is 17.7 Å². The van der Waals surface area contributed by atoms with Gasteiger partial charge in [-0.3, -0.25) is 0 Å². The summed E-state index contributed by atoms with van der Waals surface area (Å²) in [6.07, 6.45) is 13.5. The van der Waals surface area contributed by atoms with E-state index in [1.807, 2.05) is 0 Å². The van der Waals surface area contributed by atoms with Gasteiger partial charge >= 0.3 is 168 Å². The summed E-state index contributed by atoms with van der Waals surface area (Å²) in [5.41, 5.74) is 1.26. The second-order valence-electron chi connectivity index (χ2n) is 7.94. The number of hydrogen-bond donors (Lipinski definition) is 0. The average Bonchev–Trinajstić information content (AvgIpc) is 2.68.